The number of carboxylic acid groups (broad SMARTS) is 1. The normalized spacial score (nSPS) is 17.7. The van der Waals surface area contributed by atoms with Crippen LogP contribution >= 0.6 is 11.3 Å². The zero-order valence-corrected chi connectivity index (χ0v) is 14.3. The first-order valence-electron chi connectivity index (χ1n) is 7.38. The molecule has 0 fully saturated rings. The largest absolute Gasteiger partial charge is 0.477 e. The van der Waals surface area contributed by atoms with Crippen LogP contribution in [0.25, 0.3) is 0 Å². The molecule has 0 saturated carbocycles. The van der Waals surface area contributed by atoms with Crippen LogP contribution in [0.2, 0.25) is 0 Å². The SMILES string of the molecule is Cn1nc(C(C)(C)C)c2c1NC(=O)CC2c1ccc(C(=O)O)s1. The van der Waals surface area contributed by atoms with Gasteiger partial charge >= 0.3 is 5.97 Å². The highest BCUT2D eigenvalue weighted by molar-refractivity contribution is 7.14. The predicted molar refractivity (Wildman–Crippen MR) is 88.3 cm³/mol. The Kier molecular flexibility index (Phi) is 3.55. The van der Waals surface area contributed by atoms with E-state index in [4.69, 9.17) is 5.11 Å². The fourth-order valence-corrected chi connectivity index (χ4v) is 3.90. The number of nitrogens with one attached hydrogen (secondary N) is 1. The van der Waals surface area contributed by atoms with Crippen LogP contribution < -0.4 is 5.32 Å². The molecule has 0 saturated heterocycles. The molecule has 2 N–H and O–H groups in total. The van der Waals surface area contributed by atoms with Gasteiger partial charge in [0.2, 0.25) is 5.91 Å². The highest BCUT2D eigenvalue weighted by atomic mass is 32.1. The van der Waals surface area contributed by atoms with Crippen molar-refractivity contribution in [3.05, 3.63) is 33.1 Å². The van der Waals surface area contributed by atoms with Gasteiger partial charge in [-0.2, -0.15) is 5.10 Å². The maximum absolute atomic E-state index is 12.1. The lowest BCUT2D eigenvalue weighted by atomic mass is 9.82. The number of anilines is 1. The Bertz CT molecular complexity index is 798. The monoisotopic (exact) mass is 333 g/mol. The van der Waals surface area contributed by atoms with E-state index in [1.807, 2.05) is 7.05 Å². The van der Waals surface area contributed by atoms with Crippen molar-refractivity contribution in [2.45, 2.75) is 38.5 Å². The third kappa shape index (κ3) is 2.65. The summed E-state index contributed by atoms with van der Waals surface area (Å²) in [4.78, 5) is 24.4. The summed E-state index contributed by atoms with van der Waals surface area (Å²) in [6.07, 6.45) is 0.307. The molecule has 1 aliphatic rings. The average Bonchev–Trinajstić information content (AvgIpc) is 3.03. The average molecular weight is 333 g/mol. The van der Waals surface area contributed by atoms with Crippen molar-refractivity contribution in [1.82, 2.24) is 9.78 Å². The minimum atomic E-state index is -0.941. The fourth-order valence-electron chi connectivity index (χ4n) is 2.94. The van der Waals surface area contributed by atoms with Crippen molar-refractivity contribution in [2.75, 3.05) is 5.32 Å². The molecule has 3 rings (SSSR count). The third-order valence-corrected chi connectivity index (χ3v) is 5.16. The Morgan fingerprint density at radius 3 is 2.70 bits per heavy atom. The second-order valence-corrected chi connectivity index (χ2v) is 7.91. The number of amides is 1. The van der Waals surface area contributed by atoms with E-state index in [1.165, 1.54) is 11.3 Å². The van der Waals surface area contributed by atoms with E-state index in [2.05, 4.69) is 31.2 Å². The number of fused-ring (bicyclic) bond motifs is 1. The second kappa shape index (κ2) is 5.19. The molecule has 1 aliphatic heterocycles. The lowest BCUT2D eigenvalue weighted by molar-refractivity contribution is -0.116. The van der Waals surface area contributed by atoms with E-state index >= 15 is 0 Å². The minimum Gasteiger partial charge on any atom is -0.477 e. The van der Waals surface area contributed by atoms with Crippen LogP contribution in [0.3, 0.4) is 0 Å². The van der Waals surface area contributed by atoms with E-state index < -0.39 is 5.97 Å². The molecule has 0 bridgehead atoms. The first-order valence-corrected chi connectivity index (χ1v) is 8.20. The van der Waals surface area contributed by atoms with E-state index in [-0.39, 0.29) is 22.1 Å². The van der Waals surface area contributed by atoms with Gasteiger partial charge in [-0.1, -0.05) is 20.8 Å². The smallest absolute Gasteiger partial charge is 0.345 e. The molecule has 0 aromatic carbocycles. The Labute approximate surface area is 138 Å². The molecule has 3 heterocycles. The van der Waals surface area contributed by atoms with Gasteiger partial charge in [-0.15, -0.1) is 11.3 Å². The molecule has 122 valence electrons. The number of thiophene rings is 1. The van der Waals surface area contributed by atoms with E-state index in [0.29, 0.717) is 12.2 Å². The number of carboxylic acids is 1. The van der Waals surface area contributed by atoms with Crippen LogP contribution in [0, 0.1) is 0 Å². The van der Waals surface area contributed by atoms with Crippen molar-refractivity contribution in [2.24, 2.45) is 7.05 Å². The highest BCUT2D eigenvalue weighted by Gasteiger charge is 2.37. The highest BCUT2D eigenvalue weighted by Crippen LogP contribution is 2.44. The number of aryl methyl sites for hydroxylation is 1. The Hall–Kier alpha value is -2.15. The van der Waals surface area contributed by atoms with E-state index in [0.717, 1.165) is 16.1 Å². The molecular weight excluding hydrogens is 314 g/mol. The van der Waals surface area contributed by atoms with Crippen molar-refractivity contribution in [3.63, 3.8) is 0 Å². The van der Waals surface area contributed by atoms with Gasteiger partial charge in [0.25, 0.3) is 0 Å². The van der Waals surface area contributed by atoms with Crippen LogP contribution in [-0.2, 0) is 17.3 Å². The van der Waals surface area contributed by atoms with Crippen LogP contribution in [0.1, 0.15) is 58.9 Å². The number of nitrogens with zero attached hydrogens (tertiary/aromatic N) is 2. The van der Waals surface area contributed by atoms with Crippen LogP contribution in [0.5, 0.6) is 0 Å². The van der Waals surface area contributed by atoms with Crippen LogP contribution in [0.4, 0.5) is 5.82 Å². The summed E-state index contributed by atoms with van der Waals surface area (Å²) in [5.74, 6) is -0.457. The Morgan fingerprint density at radius 1 is 1.43 bits per heavy atom. The van der Waals surface area contributed by atoms with Gasteiger partial charge in [-0.05, 0) is 12.1 Å². The van der Waals surface area contributed by atoms with Gasteiger partial charge in [0.1, 0.15) is 10.7 Å². The number of hydrogen-bond donors (Lipinski definition) is 2. The summed E-state index contributed by atoms with van der Waals surface area (Å²) in [6, 6.07) is 3.41. The van der Waals surface area contributed by atoms with Gasteiger partial charge in [-0.25, -0.2) is 4.79 Å². The first-order chi connectivity index (χ1) is 10.7. The fraction of sp³-hybridized carbons (Fsp3) is 0.438. The summed E-state index contributed by atoms with van der Waals surface area (Å²) in [6.45, 7) is 6.25. The molecule has 1 atom stereocenters. The molecule has 0 spiro atoms. The summed E-state index contributed by atoms with van der Waals surface area (Å²) in [5.41, 5.74) is 1.77. The molecule has 2 aromatic heterocycles. The maximum Gasteiger partial charge on any atom is 0.345 e. The van der Waals surface area contributed by atoms with Gasteiger partial charge in [0.05, 0.1) is 5.69 Å². The summed E-state index contributed by atoms with van der Waals surface area (Å²) < 4.78 is 1.70. The van der Waals surface area contributed by atoms with Crippen molar-refractivity contribution < 1.29 is 14.7 Å². The molecule has 0 aliphatic carbocycles. The molecule has 23 heavy (non-hydrogen) atoms. The van der Waals surface area contributed by atoms with Crippen molar-refractivity contribution >= 4 is 29.0 Å². The lowest BCUT2D eigenvalue weighted by Crippen LogP contribution is -2.26. The summed E-state index contributed by atoms with van der Waals surface area (Å²) in [7, 11) is 1.81. The topological polar surface area (TPSA) is 84.2 Å². The van der Waals surface area contributed by atoms with E-state index in [9.17, 15) is 9.59 Å². The zero-order chi connectivity index (χ0) is 16.9. The standard InChI is InChI=1S/C16H19N3O3S/c1-16(2,3)13-12-8(9-5-6-10(23-9)15(21)22)7-11(20)17-14(12)19(4)18-13/h5-6,8H,7H2,1-4H3,(H,17,20)(H,21,22). The second-order valence-electron chi connectivity index (χ2n) is 6.80. The molecule has 1 amide bonds. The quantitative estimate of drug-likeness (QED) is 0.885. The van der Waals surface area contributed by atoms with Gasteiger partial charge in [0, 0.05) is 35.2 Å². The number of carbonyl (C=O) groups is 2. The first kappa shape index (κ1) is 15.7. The van der Waals surface area contributed by atoms with Crippen LogP contribution in [0.15, 0.2) is 12.1 Å². The maximum atomic E-state index is 12.1. The van der Waals surface area contributed by atoms with Gasteiger partial charge in [0.15, 0.2) is 0 Å². The molecule has 0 radical (unpaired) electrons. The zero-order valence-electron chi connectivity index (χ0n) is 13.5. The molecule has 2 aromatic rings. The van der Waals surface area contributed by atoms with Gasteiger partial charge < -0.3 is 10.4 Å². The molecular formula is C16H19N3O3S. The van der Waals surface area contributed by atoms with Crippen molar-refractivity contribution in [3.8, 4) is 0 Å². The summed E-state index contributed by atoms with van der Waals surface area (Å²) >= 11 is 1.23. The predicted octanol–water partition coefficient (Wildman–Crippen LogP) is 2.95. The molecule has 1 unspecified atom stereocenters. The number of carbonyl (C=O) groups excluding carboxylic acids is 1. The number of aromatic carboxylic acids is 1. The third-order valence-electron chi connectivity index (χ3n) is 3.97. The van der Waals surface area contributed by atoms with E-state index in [1.54, 1.807) is 16.8 Å². The van der Waals surface area contributed by atoms with Gasteiger partial charge in [-0.3, -0.25) is 9.48 Å². The Morgan fingerprint density at radius 2 is 2.13 bits per heavy atom. The summed E-state index contributed by atoms with van der Waals surface area (Å²) in [5, 5.41) is 16.7. The number of rotatable bonds is 2. The lowest BCUT2D eigenvalue weighted by Gasteiger charge is -2.26. The van der Waals surface area contributed by atoms with Crippen LogP contribution in [-0.4, -0.2) is 26.8 Å². The number of aromatic nitrogens is 2. The number of hydrogen-bond acceptors (Lipinski definition) is 4. The van der Waals surface area contributed by atoms with Crippen molar-refractivity contribution in [1.29, 1.82) is 0 Å². The molecule has 7 heteroatoms. The minimum absolute atomic E-state index is 0.0729. The molecule has 6 nitrogen and oxygen atoms in total. The Balaban J connectivity index is 2.17.